The Morgan fingerprint density at radius 3 is 2.65 bits per heavy atom. The number of benzene rings is 1. The maximum Gasteiger partial charge on any atom is 0.141 e. The molecule has 3 nitrogen and oxygen atoms in total. The molecule has 2 N–H and O–H groups in total. The number of aromatic nitrogens is 1. The molecule has 0 aliphatic heterocycles. The molecule has 88 valence electrons. The van der Waals surface area contributed by atoms with E-state index in [2.05, 4.69) is 4.98 Å². The minimum Gasteiger partial charge on any atom is -0.495 e. The van der Waals surface area contributed by atoms with Gasteiger partial charge in [0.2, 0.25) is 0 Å². The molecule has 0 bridgehead atoms. The summed E-state index contributed by atoms with van der Waals surface area (Å²) in [7, 11) is 1.62. The third-order valence-corrected chi connectivity index (χ3v) is 3.43. The molecule has 2 aromatic rings. The number of anilines is 1. The Kier molecular flexibility index (Phi) is 3.88. The van der Waals surface area contributed by atoms with Crippen LogP contribution in [-0.2, 0) is 5.75 Å². The lowest BCUT2D eigenvalue weighted by atomic mass is 10.2. The number of hydrogen-bond donors (Lipinski definition) is 1. The maximum atomic E-state index is 5.86. The number of ether oxygens (including phenoxy) is 1. The molecule has 0 atom stereocenters. The predicted octanol–water partition coefficient (Wildman–Crippen LogP) is 2.96. The van der Waals surface area contributed by atoms with Gasteiger partial charge in [-0.25, -0.2) is 0 Å². The van der Waals surface area contributed by atoms with Crippen molar-refractivity contribution in [3.8, 4) is 5.75 Å². The molecule has 1 aromatic carbocycles. The standard InChI is InChI=1S/C13H14N2OS/c1-16-13-3-2-10(8-12(13)14)9-17-11-4-6-15-7-5-11/h2-8H,9,14H2,1H3. The van der Waals surface area contributed by atoms with Gasteiger partial charge in [0, 0.05) is 23.0 Å². The number of hydrogen-bond acceptors (Lipinski definition) is 4. The SMILES string of the molecule is COc1ccc(CSc2ccncc2)cc1N. The first kappa shape index (κ1) is 11.8. The smallest absolute Gasteiger partial charge is 0.141 e. The van der Waals surface area contributed by atoms with Crippen LogP contribution in [0.1, 0.15) is 5.56 Å². The Bertz CT molecular complexity index is 488. The van der Waals surface area contributed by atoms with E-state index >= 15 is 0 Å². The summed E-state index contributed by atoms with van der Waals surface area (Å²) in [6, 6.07) is 9.88. The van der Waals surface area contributed by atoms with Crippen LogP contribution in [0, 0.1) is 0 Å². The third-order valence-electron chi connectivity index (χ3n) is 2.35. The highest BCUT2D eigenvalue weighted by Crippen LogP contribution is 2.26. The third kappa shape index (κ3) is 3.14. The molecule has 4 heteroatoms. The summed E-state index contributed by atoms with van der Waals surface area (Å²) >= 11 is 1.76. The number of nitrogens with zero attached hydrogens (tertiary/aromatic N) is 1. The van der Waals surface area contributed by atoms with Gasteiger partial charge in [0.15, 0.2) is 0 Å². The largest absolute Gasteiger partial charge is 0.495 e. The highest BCUT2D eigenvalue weighted by Gasteiger charge is 2.01. The van der Waals surface area contributed by atoms with Crippen LogP contribution in [0.5, 0.6) is 5.75 Å². The molecule has 0 amide bonds. The number of pyridine rings is 1. The van der Waals surface area contributed by atoms with E-state index in [-0.39, 0.29) is 0 Å². The molecule has 0 spiro atoms. The summed E-state index contributed by atoms with van der Waals surface area (Å²) in [5.41, 5.74) is 7.72. The molecule has 2 rings (SSSR count). The van der Waals surface area contributed by atoms with E-state index < -0.39 is 0 Å². The molecule has 0 aliphatic carbocycles. The van der Waals surface area contributed by atoms with Crippen molar-refractivity contribution in [1.82, 2.24) is 4.98 Å². The zero-order valence-electron chi connectivity index (χ0n) is 9.59. The lowest BCUT2D eigenvalue weighted by molar-refractivity contribution is 0.417. The molecule has 1 heterocycles. The van der Waals surface area contributed by atoms with Crippen molar-refractivity contribution in [3.63, 3.8) is 0 Å². The van der Waals surface area contributed by atoms with Crippen molar-refractivity contribution >= 4 is 17.4 Å². The fourth-order valence-electron chi connectivity index (χ4n) is 1.47. The van der Waals surface area contributed by atoms with E-state index in [0.717, 1.165) is 11.5 Å². The monoisotopic (exact) mass is 246 g/mol. The molecule has 0 saturated carbocycles. The van der Waals surface area contributed by atoms with Gasteiger partial charge in [-0.05, 0) is 29.8 Å². The van der Waals surface area contributed by atoms with Gasteiger partial charge in [0.1, 0.15) is 5.75 Å². The number of nitrogens with two attached hydrogens (primary N) is 1. The minimum atomic E-state index is 0.681. The van der Waals surface area contributed by atoms with E-state index in [1.54, 1.807) is 31.3 Å². The van der Waals surface area contributed by atoms with Gasteiger partial charge in [0.05, 0.1) is 12.8 Å². The molecule has 0 fully saturated rings. The van der Waals surface area contributed by atoms with Crippen molar-refractivity contribution in [1.29, 1.82) is 0 Å². The fraction of sp³-hybridized carbons (Fsp3) is 0.154. The second-order valence-electron chi connectivity index (χ2n) is 3.55. The van der Waals surface area contributed by atoms with Crippen LogP contribution in [0.15, 0.2) is 47.6 Å². The highest BCUT2D eigenvalue weighted by atomic mass is 32.2. The topological polar surface area (TPSA) is 48.1 Å². The first-order valence-corrected chi connectivity index (χ1v) is 6.23. The van der Waals surface area contributed by atoms with Gasteiger partial charge < -0.3 is 10.5 Å². The lowest BCUT2D eigenvalue weighted by Crippen LogP contribution is -1.93. The van der Waals surface area contributed by atoms with Crippen molar-refractivity contribution in [3.05, 3.63) is 48.3 Å². The van der Waals surface area contributed by atoms with Gasteiger partial charge in [-0.1, -0.05) is 6.07 Å². The first-order chi connectivity index (χ1) is 8.29. The lowest BCUT2D eigenvalue weighted by Gasteiger charge is -2.07. The quantitative estimate of drug-likeness (QED) is 0.665. The minimum absolute atomic E-state index is 0.681. The Hall–Kier alpha value is -1.68. The maximum absolute atomic E-state index is 5.86. The van der Waals surface area contributed by atoms with E-state index in [1.807, 2.05) is 30.3 Å². The molecule has 0 saturated heterocycles. The molecule has 0 aliphatic rings. The summed E-state index contributed by atoms with van der Waals surface area (Å²) in [5.74, 6) is 1.61. The Morgan fingerprint density at radius 1 is 1.24 bits per heavy atom. The number of thioether (sulfide) groups is 1. The van der Waals surface area contributed by atoms with Gasteiger partial charge in [-0.3, -0.25) is 4.98 Å². The van der Waals surface area contributed by atoms with Crippen molar-refractivity contribution < 1.29 is 4.74 Å². The second kappa shape index (κ2) is 5.59. The summed E-state index contributed by atoms with van der Waals surface area (Å²) in [6.07, 6.45) is 3.59. The van der Waals surface area contributed by atoms with Crippen LogP contribution in [0.4, 0.5) is 5.69 Å². The molecular formula is C13H14N2OS. The Morgan fingerprint density at radius 2 is 2.00 bits per heavy atom. The zero-order chi connectivity index (χ0) is 12.1. The van der Waals surface area contributed by atoms with Gasteiger partial charge in [0.25, 0.3) is 0 Å². The molecule has 17 heavy (non-hydrogen) atoms. The van der Waals surface area contributed by atoms with Gasteiger partial charge >= 0.3 is 0 Å². The second-order valence-corrected chi connectivity index (χ2v) is 4.60. The summed E-state index contributed by atoms with van der Waals surface area (Å²) in [6.45, 7) is 0. The summed E-state index contributed by atoms with van der Waals surface area (Å²) in [5, 5.41) is 0. The van der Waals surface area contributed by atoms with Crippen LogP contribution in [0.2, 0.25) is 0 Å². The van der Waals surface area contributed by atoms with E-state index in [9.17, 15) is 0 Å². The molecule has 0 radical (unpaired) electrons. The first-order valence-electron chi connectivity index (χ1n) is 5.25. The molecular weight excluding hydrogens is 232 g/mol. The van der Waals surface area contributed by atoms with Crippen molar-refractivity contribution in [2.24, 2.45) is 0 Å². The van der Waals surface area contributed by atoms with E-state index in [4.69, 9.17) is 10.5 Å². The van der Waals surface area contributed by atoms with E-state index in [1.165, 1.54) is 10.5 Å². The summed E-state index contributed by atoms with van der Waals surface area (Å²) in [4.78, 5) is 5.19. The van der Waals surface area contributed by atoms with Crippen LogP contribution in [-0.4, -0.2) is 12.1 Å². The van der Waals surface area contributed by atoms with Crippen molar-refractivity contribution in [2.45, 2.75) is 10.6 Å². The Labute approximate surface area is 105 Å². The van der Waals surface area contributed by atoms with E-state index in [0.29, 0.717) is 5.69 Å². The van der Waals surface area contributed by atoms with Gasteiger partial charge in [-0.2, -0.15) is 0 Å². The van der Waals surface area contributed by atoms with Crippen molar-refractivity contribution in [2.75, 3.05) is 12.8 Å². The number of nitrogen functional groups attached to an aromatic ring is 1. The average Bonchev–Trinajstić information content (AvgIpc) is 2.38. The van der Waals surface area contributed by atoms with Crippen LogP contribution >= 0.6 is 11.8 Å². The van der Waals surface area contributed by atoms with Crippen LogP contribution < -0.4 is 10.5 Å². The predicted molar refractivity (Wildman–Crippen MR) is 71.2 cm³/mol. The van der Waals surface area contributed by atoms with Crippen LogP contribution in [0.3, 0.4) is 0 Å². The number of rotatable bonds is 4. The zero-order valence-corrected chi connectivity index (χ0v) is 10.4. The van der Waals surface area contributed by atoms with Gasteiger partial charge in [-0.15, -0.1) is 11.8 Å². The van der Waals surface area contributed by atoms with Crippen LogP contribution in [0.25, 0.3) is 0 Å². The summed E-state index contributed by atoms with van der Waals surface area (Å²) < 4.78 is 5.12. The fourth-order valence-corrected chi connectivity index (χ4v) is 2.30. The molecule has 1 aromatic heterocycles. The normalized spacial score (nSPS) is 10.2. The number of methoxy groups -OCH3 is 1. The average molecular weight is 246 g/mol. The Balaban J connectivity index is 2.02. The highest BCUT2D eigenvalue weighted by molar-refractivity contribution is 7.98. The molecule has 0 unspecified atom stereocenters.